The van der Waals surface area contributed by atoms with E-state index in [-0.39, 0.29) is 32.2 Å². The molecule has 0 heterocycles. The van der Waals surface area contributed by atoms with Crippen molar-refractivity contribution < 1.29 is 56.3 Å². The van der Waals surface area contributed by atoms with Gasteiger partial charge in [-0.05, 0) is 86.9 Å². The summed E-state index contributed by atoms with van der Waals surface area (Å²) in [5.41, 5.74) is 1.65. The number of ether oxygens (including phenoxy) is 4. The molecule has 2 amide bonds. The highest BCUT2D eigenvalue weighted by molar-refractivity contribution is 8.10. The number of hydrogen-bond acceptors (Lipinski definition) is 12. The van der Waals surface area contributed by atoms with E-state index in [1.165, 1.54) is 14.2 Å². The molecule has 2 aromatic carbocycles. The molecule has 0 aliphatic carbocycles. The lowest BCUT2D eigenvalue weighted by Crippen LogP contribution is -2.42. The average molecular weight is 839 g/mol. The van der Waals surface area contributed by atoms with Crippen LogP contribution in [0.2, 0.25) is 39.3 Å². The Kier molecular flexibility index (Phi) is 20.7. The highest BCUT2D eigenvalue weighted by Gasteiger charge is 2.35. The molecular weight excluding hydrogens is 787 g/mol. The van der Waals surface area contributed by atoms with Crippen molar-refractivity contribution in [3.8, 4) is 0 Å². The lowest BCUT2D eigenvalue weighted by molar-refractivity contribution is -0.143. The Balaban J connectivity index is 0.000000545. The molecule has 20 heteroatoms. The molecule has 0 saturated carbocycles. The molecule has 0 aromatic heterocycles. The van der Waals surface area contributed by atoms with Gasteiger partial charge in [0.1, 0.15) is 25.3 Å². The van der Waals surface area contributed by atoms with E-state index in [2.05, 4.69) is 66.5 Å². The highest BCUT2D eigenvalue weighted by atomic mass is 32.5. The minimum absolute atomic E-state index is 0.0443. The van der Waals surface area contributed by atoms with Crippen molar-refractivity contribution in [2.75, 3.05) is 26.5 Å². The molecule has 14 nitrogen and oxygen atoms in total. The maximum Gasteiger partial charge on any atom is 0.408 e. The summed E-state index contributed by atoms with van der Waals surface area (Å²) < 4.78 is 32.1. The summed E-state index contributed by atoms with van der Waals surface area (Å²) in [5.74, 6) is -1.27. The van der Waals surface area contributed by atoms with E-state index in [1.807, 2.05) is 48.5 Å². The first-order chi connectivity index (χ1) is 24.0. The number of amides is 2. The van der Waals surface area contributed by atoms with Gasteiger partial charge in [0.2, 0.25) is 0 Å². The van der Waals surface area contributed by atoms with Gasteiger partial charge >= 0.3 is 24.1 Å². The van der Waals surface area contributed by atoms with Gasteiger partial charge in [-0.25, -0.2) is 19.2 Å². The lowest BCUT2D eigenvalue weighted by atomic mass is 10.2. The van der Waals surface area contributed by atoms with E-state index in [0.717, 1.165) is 11.1 Å². The maximum atomic E-state index is 12.2. The third kappa shape index (κ3) is 22.5. The summed E-state index contributed by atoms with van der Waals surface area (Å²) in [6, 6.07) is 16.4. The first-order valence-corrected chi connectivity index (χ1v) is 28.7. The molecule has 0 radical (unpaired) electrons. The molecule has 52 heavy (non-hydrogen) atoms. The van der Waals surface area contributed by atoms with Crippen LogP contribution in [0.4, 0.5) is 9.59 Å². The summed E-state index contributed by atoms with van der Waals surface area (Å²) >= 11 is 10.3. The monoisotopic (exact) mass is 838 g/mol. The zero-order chi connectivity index (χ0) is 39.6. The third-order valence-corrected chi connectivity index (χ3v) is 16.9. The topological polar surface area (TPSA) is 188 Å². The highest BCUT2D eigenvalue weighted by Crippen LogP contribution is 2.54. The molecule has 0 bridgehead atoms. The van der Waals surface area contributed by atoms with Crippen LogP contribution in [0.15, 0.2) is 60.7 Å². The Morgan fingerprint density at radius 3 is 1.31 bits per heavy atom. The molecule has 4 N–H and O–H groups in total. The van der Waals surface area contributed by atoms with Gasteiger partial charge in [-0.1, -0.05) is 60.7 Å². The van der Waals surface area contributed by atoms with Crippen LogP contribution < -0.4 is 10.6 Å². The van der Waals surface area contributed by atoms with Crippen LogP contribution in [0.5, 0.6) is 0 Å². The van der Waals surface area contributed by atoms with Crippen molar-refractivity contribution in [2.24, 2.45) is 0 Å². The van der Waals surface area contributed by atoms with Crippen molar-refractivity contribution in [2.45, 2.75) is 77.4 Å². The van der Waals surface area contributed by atoms with E-state index < -0.39 is 65.8 Å². The number of rotatable bonds is 18. The third-order valence-electron chi connectivity index (χ3n) is 6.21. The van der Waals surface area contributed by atoms with Crippen LogP contribution in [0.3, 0.4) is 0 Å². The molecule has 2 atom stereocenters. The van der Waals surface area contributed by atoms with E-state index in [0.29, 0.717) is 6.16 Å². The van der Waals surface area contributed by atoms with Crippen molar-refractivity contribution in [3.05, 3.63) is 71.8 Å². The Morgan fingerprint density at radius 1 is 0.654 bits per heavy atom. The van der Waals surface area contributed by atoms with Gasteiger partial charge in [-0.3, -0.25) is 0 Å². The van der Waals surface area contributed by atoms with Gasteiger partial charge < -0.3 is 47.8 Å². The van der Waals surface area contributed by atoms with E-state index in [4.69, 9.17) is 34.4 Å². The van der Waals surface area contributed by atoms with Gasteiger partial charge in [0.25, 0.3) is 0 Å². The van der Waals surface area contributed by atoms with Crippen LogP contribution >= 0.6 is 13.0 Å². The summed E-state index contributed by atoms with van der Waals surface area (Å²) in [6.07, 6.45) is -1.11. The van der Waals surface area contributed by atoms with Crippen molar-refractivity contribution >= 4 is 77.4 Å². The van der Waals surface area contributed by atoms with Crippen molar-refractivity contribution in [1.82, 2.24) is 10.6 Å². The zero-order valence-corrected chi connectivity index (χ0v) is 36.3. The zero-order valence-electron chi connectivity index (χ0n) is 30.9. The first-order valence-electron chi connectivity index (χ1n) is 16.2. The number of alkyl carbamates (subject to hydrolysis) is 2. The number of methoxy groups -OCH3 is 2. The van der Waals surface area contributed by atoms with Crippen LogP contribution in [0, 0.1) is 0 Å². The van der Waals surface area contributed by atoms with Crippen LogP contribution in [-0.4, -0.2) is 89.2 Å². The lowest BCUT2D eigenvalue weighted by Gasteiger charge is -2.34. The second-order valence-electron chi connectivity index (χ2n) is 13.3. The number of carbonyl (C=O) groups excluding carboxylic acids is 4. The first kappa shape index (κ1) is 47.5. The van der Waals surface area contributed by atoms with Gasteiger partial charge in [-0.2, -0.15) is 0 Å². The predicted octanol–water partition coefficient (Wildman–Crippen LogP) is 6.00. The number of benzene rings is 2. The number of nitrogens with one attached hydrogen (secondary N) is 2. The summed E-state index contributed by atoms with van der Waals surface area (Å²) in [5, 5.41) is 4.91. The molecule has 2 aromatic rings. The van der Waals surface area contributed by atoms with Gasteiger partial charge in [-0.15, -0.1) is 0 Å². The van der Waals surface area contributed by atoms with Gasteiger partial charge in [0.05, 0.1) is 14.2 Å². The van der Waals surface area contributed by atoms with Crippen LogP contribution in [0.1, 0.15) is 24.0 Å². The second-order valence-corrected chi connectivity index (χ2v) is 30.1. The minimum atomic E-state index is -3.44. The quantitative estimate of drug-likeness (QED) is 0.0593. The summed E-state index contributed by atoms with van der Waals surface area (Å²) in [7, 11) is -1.49. The fourth-order valence-corrected chi connectivity index (χ4v) is 17.8. The largest absolute Gasteiger partial charge is 0.467 e. The Hall–Kier alpha value is -2.51. The molecule has 0 saturated heterocycles. The number of hydrogen-bond donors (Lipinski definition) is 4. The Morgan fingerprint density at radius 2 is 1.00 bits per heavy atom. The standard InChI is InChI=1S/C19H34NO6PSSi2.C13H18NO6PS/c1-23-18(21)17(20-19(22)24-15-16-11-9-8-10-12-16)13-14-27(28,25-29(2,3)4)26-30(5,6)7;1-19-12(15)11(7-8-21(17,18)22)14-13(16)20-9-10-5-3-2-4-6-10/h8-12,17H,13-15H2,1-7H3,(H,20,22);2-6,11H,7-9H2,1H3,(H,14,16)(H2,17,18,22)/t17-;11-/m00/s1. The average Bonchev–Trinajstić information content (AvgIpc) is 3.05. The van der Waals surface area contributed by atoms with Crippen molar-refractivity contribution in [3.63, 3.8) is 0 Å². The predicted molar refractivity (Wildman–Crippen MR) is 212 cm³/mol. The van der Waals surface area contributed by atoms with Gasteiger partial charge in [0, 0.05) is 12.3 Å². The van der Waals surface area contributed by atoms with E-state index in [9.17, 15) is 29.0 Å². The number of esters is 2. The van der Waals surface area contributed by atoms with Crippen LogP contribution in [-0.2, 0) is 73.8 Å². The molecule has 2 rings (SSSR count). The fraction of sp³-hybridized carbons (Fsp3) is 0.500. The molecule has 0 aliphatic rings. The number of carbonyl (C=O) groups is 4. The summed E-state index contributed by atoms with van der Waals surface area (Å²) in [4.78, 5) is 66.1. The Labute approximate surface area is 318 Å². The molecule has 292 valence electrons. The normalized spacial score (nSPS) is 13.0. The minimum Gasteiger partial charge on any atom is -0.467 e. The molecule has 0 unspecified atom stereocenters. The maximum absolute atomic E-state index is 12.2. The second kappa shape index (κ2) is 22.6. The van der Waals surface area contributed by atoms with Crippen molar-refractivity contribution in [1.29, 1.82) is 0 Å². The fourth-order valence-electron chi connectivity index (χ4n) is 4.13. The van der Waals surface area contributed by atoms with E-state index in [1.54, 1.807) is 12.1 Å². The molecule has 0 aliphatic heterocycles. The summed E-state index contributed by atoms with van der Waals surface area (Å²) in [6.45, 7) is 6.43. The SMILES string of the molecule is COC(=O)[C@H](CCP(=S)(O[Si](C)(C)C)O[Si](C)(C)C)NC(=O)OCc1ccccc1.COC(=O)[C@H](CCP(O)(O)=S)NC(=O)OCc1ccccc1. The smallest absolute Gasteiger partial charge is 0.408 e. The Bertz CT molecular complexity index is 1500. The van der Waals surface area contributed by atoms with Crippen LogP contribution in [0.25, 0.3) is 0 Å². The van der Waals surface area contributed by atoms with E-state index >= 15 is 0 Å². The molecule has 0 fully saturated rings. The molecule has 0 spiro atoms. The van der Waals surface area contributed by atoms with Gasteiger partial charge in [0.15, 0.2) is 29.6 Å². The molecular formula is C32H52N2O12P2S2Si2.